The van der Waals surface area contributed by atoms with Gasteiger partial charge in [-0.05, 0) is 17.9 Å². The zero-order chi connectivity index (χ0) is 19.9. The molecule has 4 rings (SSSR count). The molecule has 0 fully saturated rings. The molecule has 1 amide bonds. The molecule has 0 bridgehead atoms. The third kappa shape index (κ3) is 5.18. The maximum Gasteiger partial charge on any atom is 0.273 e. The Hall–Kier alpha value is -3.24. The molecule has 0 aliphatic rings. The number of nitrogens with one attached hydrogen (secondary N) is 1. The molecule has 4 aromatic rings. The van der Waals surface area contributed by atoms with Crippen LogP contribution < -0.4 is 5.32 Å². The molecule has 0 unspecified atom stereocenters. The lowest BCUT2D eigenvalue weighted by Gasteiger charge is -2.20. The normalized spacial score (nSPS) is 11.2. The standard InChI is InChI=1S/C19H19N5O4S/c25-19(16-7-17(28-23-16)18-3-1-6-29-18)20-4-2-5-24(10-14-8-21-26-12-14)11-15-9-22-27-13-15/h1,3,6-9,12-13H,2,4-5,10-11H2,(H,20,25). The third-order valence-corrected chi connectivity index (χ3v) is 5.11. The van der Waals surface area contributed by atoms with Gasteiger partial charge in [-0.15, -0.1) is 11.3 Å². The molecule has 1 N–H and O–H groups in total. The zero-order valence-corrected chi connectivity index (χ0v) is 16.3. The molecular formula is C19H19N5O4S. The summed E-state index contributed by atoms with van der Waals surface area (Å²) in [7, 11) is 0. The predicted octanol–water partition coefficient (Wildman–Crippen LogP) is 3.20. The lowest BCUT2D eigenvalue weighted by Crippen LogP contribution is -2.29. The van der Waals surface area contributed by atoms with Gasteiger partial charge in [0.2, 0.25) is 0 Å². The summed E-state index contributed by atoms with van der Waals surface area (Å²) in [6.07, 6.45) is 7.39. The molecule has 29 heavy (non-hydrogen) atoms. The minimum atomic E-state index is -0.249. The van der Waals surface area contributed by atoms with Gasteiger partial charge in [-0.25, -0.2) is 0 Å². The van der Waals surface area contributed by atoms with Crippen molar-refractivity contribution in [2.75, 3.05) is 13.1 Å². The van der Waals surface area contributed by atoms with Gasteiger partial charge in [0.05, 0.1) is 17.3 Å². The Labute approximate surface area is 170 Å². The molecule has 0 saturated heterocycles. The SMILES string of the molecule is O=C(NCCCN(Cc1cnoc1)Cc1cnoc1)c1cc(-c2cccs2)on1. The lowest BCUT2D eigenvalue weighted by molar-refractivity contribution is 0.0942. The average Bonchev–Trinajstić information content (AvgIpc) is 3.52. The van der Waals surface area contributed by atoms with E-state index in [1.165, 1.54) is 11.3 Å². The second-order valence-electron chi connectivity index (χ2n) is 6.44. The van der Waals surface area contributed by atoms with Crippen LogP contribution in [0.25, 0.3) is 10.6 Å². The average molecular weight is 413 g/mol. The van der Waals surface area contributed by atoms with E-state index in [-0.39, 0.29) is 11.6 Å². The van der Waals surface area contributed by atoms with E-state index in [1.807, 2.05) is 17.5 Å². The molecule has 0 aliphatic heterocycles. The first-order chi connectivity index (χ1) is 14.3. The van der Waals surface area contributed by atoms with Gasteiger partial charge in [0, 0.05) is 43.4 Å². The van der Waals surface area contributed by atoms with Gasteiger partial charge in [-0.3, -0.25) is 9.69 Å². The summed E-state index contributed by atoms with van der Waals surface area (Å²) >= 11 is 1.54. The van der Waals surface area contributed by atoms with Crippen molar-refractivity contribution in [3.63, 3.8) is 0 Å². The summed E-state index contributed by atoms with van der Waals surface area (Å²) in [6.45, 7) is 2.63. The van der Waals surface area contributed by atoms with Gasteiger partial charge in [0.25, 0.3) is 5.91 Å². The molecule has 0 saturated carbocycles. The second-order valence-corrected chi connectivity index (χ2v) is 7.39. The van der Waals surface area contributed by atoms with E-state index in [9.17, 15) is 4.79 Å². The fraction of sp³-hybridized carbons (Fsp3) is 0.263. The van der Waals surface area contributed by atoms with Gasteiger partial charge in [-0.1, -0.05) is 21.5 Å². The number of amides is 1. The molecule has 0 aliphatic carbocycles. The van der Waals surface area contributed by atoms with Gasteiger partial charge >= 0.3 is 0 Å². The van der Waals surface area contributed by atoms with Crippen LogP contribution in [0.4, 0.5) is 0 Å². The van der Waals surface area contributed by atoms with Crippen LogP contribution in [0.1, 0.15) is 28.0 Å². The Morgan fingerprint density at radius 3 is 2.52 bits per heavy atom. The number of aromatic nitrogens is 3. The van der Waals surface area contributed by atoms with E-state index in [1.54, 1.807) is 31.0 Å². The van der Waals surface area contributed by atoms with E-state index in [4.69, 9.17) is 13.6 Å². The highest BCUT2D eigenvalue weighted by molar-refractivity contribution is 7.13. The molecule has 9 nitrogen and oxygen atoms in total. The van der Waals surface area contributed by atoms with Gasteiger partial charge in [0.1, 0.15) is 12.5 Å². The number of thiophene rings is 1. The van der Waals surface area contributed by atoms with Crippen LogP contribution in [0.3, 0.4) is 0 Å². The van der Waals surface area contributed by atoms with Crippen molar-refractivity contribution >= 4 is 17.2 Å². The minimum Gasteiger partial charge on any atom is -0.364 e. The summed E-state index contributed by atoms with van der Waals surface area (Å²) < 4.78 is 15.1. The maximum absolute atomic E-state index is 12.3. The van der Waals surface area contributed by atoms with Crippen molar-refractivity contribution in [3.05, 3.63) is 65.3 Å². The van der Waals surface area contributed by atoms with E-state index in [0.717, 1.165) is 29.0 Å². The number of nitrogens with zero attached hydrogens (tertiary/aromatic N) is 4. The molecule has 0 atom stereocenters. The fourth-order valence-electron chi connectivity index (χ4n) is 2.85. The fourth-order valence-corrected chi connectivity index (χ4v) is 3.53. The van der Waals surface area contributed by atoms with Crippen LogP contribution >= 0.6 is 11.3 Å². The van der Waals surface area contributed by atoms with E-state index < -0.39 is 0 Å². The van der Waals surface area contributed by atoms with Crippen LogP contribution in [0.5, 0.6) is 0 Å². The molecule has 0 spiro atoms. The Kier molecular flexibility index (Phi) is 6.13. The monoisotopic (exact) mass is 413 g/mol. The first-order valence-electron chi connectivity index (χ1n) is 9.05. The number of carbonyl (C=O) groups excluding carboxylic acids is 1. The summed E-state index contributed by atoms with van der Waals surface area (Å²) in [5, 5.41) is 16.2. The minimum absolute atomic E-state index is 0.249. The Bertz CT molecular complexity index is 959. The zero-order valence-electron chi connectivity index (χ0n) is 15.5. The largest absolute Gasteiger partial charge is 0.364 e. The quantitative estimate of drug-likeness (QED) is 0.395. The van der Waals surface area contributed by atoms with E-state index >= 15 is 0 Å². The van der Waals surface area contributed by atoms with Crippen molar-refractivity contribution in [1.82, 2.24) is 25.7 Å². The van der Waals surface area contributed by atoms with Crippen LogP contribution in [0, 0.1) is 0 Å². The van der Waals surface area contributed by atoms with Gasteiger partial charge < -0.3 is 18.9 Å². The molecule has 150 valence electrons. The molecular weight excluding hydrogens is 394 g/mol. The molecule has 0 radical (unpaired) electrons. The Morgan fingerprint density at radius 1 is 1.14 bits per heavy atom. The van der Waals surface area contributed by atoms with Crippen molar-refractivity contribution in [2.24, 2.45) is 0 Å². The Morgan fingerprint density at radius 2 is 1.90 bits per heavy atom. The molecule has 4 heterocycles. The topological polar surface area (TPSA) is 110 Å². The maximum atomic E-state index is 12.3. The van der Waals surface area contributed by atoms with Crippen molar-refractivity contribution in [1.29, 1.82) is 0 Å². The number of hydrogen-bond acceptors (Lipinski definition) is 9. The van der Waals surface area contributed by atoms with Crippen LogP contribution in [0.2, 0.25) is 0 Å². The van der Waals surface area contributed by atoms with Gasteiger partial charge in [0.15, 0.2) is 11.5 Å². The smallest absolute Gasteiger partial charge is 0.273 e. The van der Waals surface area contributed by atoms with Crippen LogP contribution in [0.15, 0.2) is 62.1 Å². The molecule has 4 aromatic heterocycles. The number of hydrogen-bond donors (Lipinski definition) is 1. The Balaban J connectivity index is 1.26. The molecule has 0 aromatic carbocycles. The van der Waals surface area contributed by atoms with Crippen molar-refractivity contribution in [3.8, 4) is 10.6 Å². The van der Waals surface area contributed by atoms with Crippen LogP contribution in [-0.2, 0) is 13.1 Å². The predicted molar refractivity (Wildman–Crippen MR) is 104 cm³/mol. The van der Waals surface area contributed by atoms with Crippen molar-refractivity contribution < 1.29 is 18.4 Å². The number of rotatable bonds is 10. The van der Waals surface area contributed by atoms with Crippen LogP contribution in [-0.4, -0.2) is 39.4 Å². The van der Waals surface area contributed by atoms with Gasteiger partial charge in [-0.2, -0.15) is 0 Å². The summed E-state index contributed by atoms with van der Waals surface area (Å²) in [4.78, 5) is 15.4. The lowest BCUT2D eigenvalue weighted by atomic mass is 10.2. The van der Waals surface area contributed by atoms with Crippen molar-refractivity contribution in [2.45, 2.75) is 19.5 Å². The first-order valence-corrected chi connectivity index (χ1v) is 9.93. The highest BCUT2D eigenvalue weighted by atomic mass is 32.1. The van der Waals surface area contributed by atoms with E-state index in [2.05, 4.69) is 25.7 Å². The molecule has 10 heteroatoms. The second kappa shape index (κ2) is 9.30. The third-order valence-electron chi connectivity index (χ3n) is 4.22. The first kappa shape index (κ1) is 19.1. The summed E-state index contributed by atoms with van der Waals surface area (Å²) in [5.41, 5.74) is 2.24. The van der Waals surface area contributed by atoms with E-state index in [0.29, 0.717) is 25.4 Å². The highest BCUT2D eigenvalue weighted by Crippen LogP contribution is 2.25. The summed E-state index contributed by atoms with van der Waals surface area (Å²) in [6, 6.07) is 5.50. The number of carbonyl (C=O) groups is 1. The highest BCUT2D eigenvalue weighted by Gasteiger charge is 2.14. The summed E-state index contributed by atoms with van der Waals surface area (Å²) in [5.74, 6) is 0.347.